The molecule has 0 amide bonds. The van der Waals surface area contributed by atoms with Gasteiger partial charge in [-0.25, -0.2) is 4.39 Å². The third-order valence-electron chi connectivity index (χ3n) is 3.25. The molecule has 0 saturated heterocycles. The monoisotopic (exact) mass is 261 g/mol. The van der Waals surface area contributed by atoms with Crippen LogP contribution in [-0.2, 0) is 5.41 Å². The Morgan fingerprint density at radius 1 is 1.26 bits per heavy atom. The Kier molecular flexibility index (Phi) is 3.71. The molecule has 1 aromatic carbocycles. The number of rotatable bonds is 3. The highest BCUT2D eigenvalue weighted by Crippen LogP contribution is 2.27. The summed E-state index contributed by atoms with van der Waals surface area (Å²) in [6, 6.07) is 8.49. The first-order valence-electron chi connectivity index (χ1n) is 6.43. The van der Waals surface area contributed by atoms with Crippen LogP contribution in [0.25, 0.3) is 0 Å². The van der Waals surface area contributed by atoms with Gasteiger partial charge in [-0.05, 0) is 23.8 Å². The smallest absolute Gasteiger partial charge is 0.123 e. The molecule has 0 bridgehead atoms. The Balaban J connectivity index is 2.32. The van der Waals surface area contributed by atoms with Crippen LogP contribution in [0.1, 0.15) is 43.6 Å². The van der Waals surface area contributed by atoms with Crippen molar-refractivity contribution in [3.63, 3.8) is 0 Å². The lowest BCUT2D eigenvalue weighted by Gasteiger charge is -2.15. The summed E-state index contributed by atoms with van der Waals surface area (Å²) >= 11 is 0. The Morgan fingerprint density at radius 2 is 1.89 bits per heavy atom. The normalized spacial score (nSPS) is 13.5. The predicted molar refractivity (Wildman–Crippen MR) is 74.6 cm³/mol. The largest absolute Gasteiger partial charge is 0.329 e. The van der Waals surface area contributed by atoms with E-state index in [0.717, 1.165) is 17.0 Å². The van der Waals surface area contributed by atoms with Crippen LogP contribution in [0.15, 0.2) is 30.3 Å². The van der Waals surface area contributed by atoms with E-state index in [9.17, 15) is 4.39 Å². The van der Waals surface area contributed by atoms with Crippen LogP contribution in [0, 0.1) is 5.82 Å². The minimum absolute atomic E-state index is 0.00328. The van der Waals surface area contributed by atoms with Crippen LogP contribution in [-0.4, -0.2) is 16.7 Å². The summed E-state index contributed by atoms with van der Waals surface area (Å²) in [6.45, 7) is 6.80. The topological polar surface area (TPSA) is 54.7 Å². The number of aromatic nitrogens is 2. The molecule has 0 fully saturated rings. The summed E-state index contributed by atoms with van der Waals surface area (Å²) in [7, 11) is 0. The predicted octanol–water partition coefficient (Wildman–Crippen LogP) is 2.94. The molecule has 1 atom stereocenters. The molecule has 2 aromatic rings. The van der Waals surface area contributed by atoms with Crippen LogP contribution < -0.4 is 5.73 Å². The molecule has 19 heavy (non-hydrogen) atoms. The van der Waals surface area contributed by atoms with Gasteiger partial charge in [0, 0.05) is 23.6 Å². The van der Waals surface area contributed by atoms with Gasteiger partial charge < -0.3 is 5.73 Å². The quantitative estimate of drug-likeness (QED) is 0.892. The van der Waals surface area contributed by atoms with Gasteiger partial charge in [-0.2, -0.15) is 5.10 Å². The first kappa shape index (κ1) is 13.7. The molecule has 1 aromatic heterocycles. The lowest BCUT2D eigenvalue weighted by Crippen LogP contribution is -2.14. The summed E-state index contributed by atoms with van der Waals surface area (Å²) in [6.07, 6.45) is 0. The zero-order chi connectivity index (χ0) is 14.0. The van der Waals surface area contributed by atoms with Crippen LogP contribution in [0.5, 0.6) is 0 Å². The number of H-pyrrole nitrogens is 1. The summed E-state index contributed by atoms with van der Waals surface area (Å²) in [5.74, 6) is -0.219. The van der Waals surface area contributed by atoms with E-state index in [1.165, 1.54) is 12.1 Å². The molecule has 0 radical (unpaired) electrons. The number of aromatic amines is 1. The number of nitrogens with zero attached hydrogens (tertiary/aromatic N) is 1. The highest BCUT2D eigenvalue weighted by Gasteiger charge is 2.21. The zero-order valence-corrected chi connectivity index (χ0v) is 11.6. The number of benzene rings is 1. The zero-order valence-electron chi connectivity index (χ0n) is 11.6. The first-order valence-corrected chi connectivity index (χ1v) is 6.43. The van der Waals surface area contributed by atoms with Gasteiger partial charge >= 0.3 is 0 Å². The van der Waals surface area contributed by atoms with Crippen molar-refractivity contribution < 1.29 is 4.39 Å². The van der Waals surface area contributed by atoms with Crippen molar-refractivity contribution in [1.82, 2.24) is 10.2 Å². The number of nitrogens with two attached hydrogens (primary N) is 1. The van der Waals surface area contributed by atoms with Crippen LogP contribution in [0.3, 0.4) is 0 Å². The highest BCUT2D eigenvalue weighted by atomic mass is 19.1. The second-order valence-electron chi connectivity index (χ2n) is 5.80. The average molecular weight is 261 g/mol. The fourth-order valence-electron chi connectivity index (χ4n) is 2.04. The third-order valence-corrected chi connectivity index (χ3v) is 3.25. The second-order valence-corrected chi connectivity index (χ2v) is 5.80. The molecule has 0 saturated carbocycles. The first-order chi connectivity index (χ1) is 8.91. The van der Waals surface area contributed by atoms with Gasteiger partial charge in [-0.1, -0.05) is 32.9 Å². The molecule has 0 aliphatic heterocycles. The van der Waals surface area contributed by atoms with E-state index >= 15 is 0 Å². The molecule has 0 aliphatic rings. The molecule has 0 aliphatic carbocycles. The maximum absolute atomic E-state index is 13.0. The van der Waals surface area contributed by atoms with E-state index in [-0.39, 0.29) is 17.2 Å². The van der Waals surface area contributed by atoms with Gasteiger partial charge in [-0.15, -0.1) is 0 Å². The molecular weight excluding hydrogens is 241 g/mol. The van der Waals surface area contributed by atoms with Gasteiger partial charge in [0.2, 0.25) is 0 Å². The molecule has 3 N–H and O–H groups in total. The molecule has 1 heterocycles. The van der Waals surface area contributed by atoms with E-state index in [1.54, 1.807) is 12.1 Å². The fraction of sp³-hybridized carbons (Fsp3) is 0.400. The van der Waals surface area contributed by atoms with Crippen LogP contribution in [0.4, 0.5) is 4.39 Å². The summed E-state index contributed by atoms with van der Waals surface area (Å²) in [4.78, 5) is 0. The molecular formula is C15H20FN3. The van der Waals surface area contributed by atoms with E-state index < -0.39 is 0 Å². The Bertz CT molecular complexity index is 537. The minimum Gasteiger partial charge on any atom is -0.329 e. The van der Waals surface area contributed by atoms with Crippen LogP contribution >= 0.6 is 0 Å². The lowest BCUT2D eigenvalue weighted by molar-refractivity contribution is 0.567. The summed E-state index contributed by atoms with van der Waals surface area (Å²) in [5, 5.41) is 7.40. The van der Waals surface area contributed by atoms with Crippen molar-refractivity contribution in [3.05, 3.63) is 53.1 Å². The standard InChI is InChI=1S/C15H20FN3/c1-15(2,3)14-8-13(18-19-14)12(9-17)10-4-6-11(16)7-5-10/h4-8,12H,9,17H2,1-3H3,(H,18,19). The average Bonchev–Trinajstić information content (AvgIpc) is 2.82. The van der Waals surface area contributed by atoms with Crippen LogP contribution in [0.2, 0.25) is 0 Å². The molecule has 102 valence electrons. The molecule has 4 heteroatoms. The van der Waals surface area contributed by atoms with Crippen molar-refractivity contribution in [3.8, 4) is 0 Å². The van der Waals surface area contributed by atoms with E-state index in [1.807, 2.05) is 6.07 Å². The fourth-order valence-corrected chi connectivity index (χ4v) is 2.04. The maximum atomic E-state index is 13.0. The summed E-state index contributed by atoms with van der Waals surface area (Å²) < 4.78 is 13.0. The number of halogens is 1. The Labute approximate surface area is 113 Å². The van der Waals surface area contributed by atoms with Gasteiger partial charge in [0.1, 0.15) is 5.82 Å². The molecule has 0 spiro atoms. The molecule has 3 nitrogen and oxygen atoms in total. The number of nitrogens with one attached hydrogen (secondary N) is 1. The van der Waals surface area contributed by atoms with Crippen molar-refractivity contribution in [2.24, 2.45) is 5.73 Å². The number of hydrogen-bond acceptors (Lipinski definition) is 2. The third kappa shape index (κ3) is 3.01. The lowest BCUT2D eigenvalue weighted by atomic mass is 9.90. The summed E-state index contributed by atoms with van der Waals surface area (Å²) in [5.41, 5.74) is 8.82. The van der Waals surface area contributed by atoms with Gasteiger partial charge in [0.25, 0.3) is 0 Å². The highest BCUT2D eigenvalue weighted by molar-refractivity contribution is 5.31. The van der Waals surface area contributed by atoms with Crippen molar-refractivity contribution in [2.45, 2.75) is 32.1 Å². The minimum atomic E-state index is -0.237. The van der Waals surface area contributed by atoms with E-state index in [0.29, 0.717) is 6.54 Å². The van der Waals surface area contributed by atoms with Crippen molar-refractivity contribution >= 4 is 0 Å². The van der Waals surface area contributed by atoms with E-state index in [4.69, 9.17) is 5.73 Å². The Morgan fingerprint density at radius 3 is 2.37 bits per heavy atom. The number of hydrogen-bond donors (Lipinski definition) is 2. The van der Waals surface area contributed by atoms with Gasteiger partial charge in [-0.3, -0.25) is 5.10 Å². The Hall–Kier alpha value is -1.68. The van der Waals surface area contributed by atoms with Crippen molar-refractivity contribution in [1.29, 1.82) is 0 Å². The second kappa shape index (κ2) is 5.13. The van der Waals surface area contributed by atoms with E-state index in [2.05, 4.69) is 31.0 Å². The maximum Gasteiger partial charge on any atom is 0.123 e. The molecule has 2 rings (SSSR count). The SMILES string of the molecule is CC(C)(C)c1cc(C(CN)c2ccc(F)cc2)[nH]n1. The molecule has 1 unspecified atom stereocenters. The van der Waals surface area contributed by atoms with Gasteiger partial charge in [0.05, 0.1) is 5.69 Å². The van der Waals surface area contributed by atoms with Gasteiger partial charge in [0.15, 0.2) is 0 Å². The van der Waals surface area contributed by atoms with Crippen molar-refractivity contribution in [2.75, 3.05) is 6.54 Å².